The lowest BCUT2D eigenvalue weighted by Crippen LogP contribution is -2.37. The number of hydrogen-bond acceptors (Lipinski definition) is 4. The first-order chi connectivity index (χ1) is 10.9. The van der Waals surface area contributed by atoms with Crippen LogP contribution in [0.5, 0.6) is 0 Å². The first-order valence-corrected chi connectivity index (χ1v) is 8.37. The van der Waals surface area contributed by atoms with Gasteiger partial charge in [0.2, 0.25) is 0 Å². The molecule has 0 bridgehead atoms. The maximum atomic E-state index is 13.4. The highest BCUT2D eigenvalue weighted by Gasteiger charge is 2.31. The summed E-state index contributed by atoms with van der Waals surface area (Å²) in [5.41, 5.74) is 0.518. The van der Waals surface area contributed by atoms with Gasteiger partial charge in [0.15, 0.2) is 5.78 Å². The largest absolute Gasteiger partial charge is 0.341 e. The van der Waals surface area contributed by atoms with Crippen LogP contribution in [-0.2, 0) is 4.79 Å². The topological polar surface area (TPSA) is 59.1 Å². The van der Waals surface area contributed by atoms with E-state index in [-0.39, 0.29) is 16.7 Å². The molecular formula is C16H14ClFN2O2S. The molecule has 3 rings (SSSR count). The number of Topliss-reactive ketones (excluding diaryl/α,β-unsaturated/α-hetero) is 1. The molecule has 120 valence electrons. The van der Waals surface area contributed by atoms with Crippen LogP contribution in [0.1, 0.15) is 29.4 Å². The lowest BCUT2D eigenvalue weighted by atomic mass is 10.1. The molecule has 1 amide bonds. The lowest BCUT2D eigenvalue weighted by Gasteiger charge is -2.09. The van der Waals surface area contributed by atoms with E-state index in [1.807, 2.05) is 6.92 Å². The number of carbonyl (C=O) groups is 2. The number of amides is 1. The van der Waals surface area contributed by atoms with Crippen molar-refractivity contribution in [2.45, 2.75) is 25.8 Å². The predicted molar refractivity (Wildman–Crippen MR) is 87.2 cm³/mol. The summed E-state index contributed by atoms with van der Waals surface area (Å²) in [5, 5.41) is 3.52. The highest BCUT2D eigenvalue weighted by atomic mass is 35.5. The van der Waals surface area contributed by atoms with Crippen LogP contribution in [-0.4, -0.2) is 22.7 Å². The van der Waals surface area contributed by atoms with Crippen LogP contribution >= 0.6 is 22.9 Å². The fraction of sp³-hybridized carbons (Fsp3) is 0.312. The Morgan fingerprint density at radius 1 is 1.43 bits per heavy atom. The maximum absolute atomic E-state index is 13.4. The number of ketones is 1. The molecular weight excluding hydrogens is 339 g/mol. The smallest absolute Gasteiger partial charge is 0.263 e. The number of aromatic nitrogens is 1. The zero-order chi connectivity index (χ0) is 16.6. The molecule has 4 nitrogen and oxygen atoms in total. The zero-order valence-corrected chi connectivity index (χ0v) is 13.9. The molecule has 2 aromatic rings. The number of hydrogen-bond donors (Lipinski definition) is 1. The first kappa shape index (κ1) is 16.1. The summed E-state index contributed by atoms with van der Waals surface area (Å²) in [4.78, 5) is 28.5. The Kier molecular flexibility index (Phi) is 4.46. The van der Waals surface area contributed by atoms with E-state index in [1.54, 1.807) is 6.07 Å². The summed E-state index contributed by atoms with van der Waals surface area (Å²) in [7, 11) is 0. The van der Waals surface area contributed by atoms with Crippen LogP contribution in [0.15, 0.2) is 24.4 Å². The van der Waals surface area contributed by atoms with Crippen molar-refractivity contribution in [2.75, 3.05) is 0 Å². The quantitative estimate of drug-likeness (QED) is 0.916. The average Bonchev–Trinajstić information content (AvgIpc) is 3.05. The fourth-order valence-corrected chi connectivity index (χ4v) is 3.69. The minimum absolute atomic E-state index is 0.0625. The Bertz CT molecular complexity index is 757. The Labute approximate surface area is 141 Å². The molecule has 1 aliphatic rings. The van der Waals surface area contributed by atoms with Crippen molar-refractivity contribution in [3.8, 4) is 10.6 Å². The summed E-state index contributed by atoms with van der Waals surface area (Å²) < 4.78 is 13.4. The molecule has 1 heterocycles. The molecule has 23 heavy (non-hydrogen) atoms. The number of nitrogens with one attached hydrogen (secondary N) is 1. The minimum atomic E-state index is -0.459. The molecule has 1 aromatic carbocycles. The summed E-state index contributed by atoms with van der Waals surface area (Å²) in [5.74, 6) is -0.435. The van der Waals surface area contributed by atoms with Crippen molar-refractivity contribution in [3.05, 3.63) is 40.1 Å². The SMILES string of the molecule is C[C@@H]1CC(=O)[C@@H](NC(=O)c2cnc(-c3cc(F)cc(Cl)c3)s2)C1. The second-order valence-corrected chi connectivity index (χ2v) is 7.19. The van der Waals surface area contributed by atoms with E-state index in [1.165, 1.54) is 18.3 Å². The lowest BCUT2D eigenvalue weighted by molar-refractivity contribution is -0.119. The van der Waals surface area contributed by atoms with Crippen molar-refractivity contribution >= 4 is 34.6 Å². The normalized spacial score (nSPS) is 20.7. The van der Waals surface area contributed by atoms with Gasteiger partial charge in [0.1, 0.15) is 15.7 Å². The van der Waals surface area contributed by atoms with E-state index in [2.05, 4.69) is 10.3 Å². The summed E-state index contributed by atoms with van der Waals surface area (Å²) in [6.07, 6.45) is 2.59. The second-order valence-electron chi connectivity index (χ2n) is 5.73. The Balaban J connectivity index is 1.76. The number of halogens is 2. The van der Waals surface area contributed by atoms with Crippen LogP contribution in [0.4, 0.5) is 4.39 Å². The van der Waals surface area contributed by atoms with Gasteiger partial charge in [-0.15, -0.1) is 11.3 Å². The number of carbonyl (C=O) groups excluding carboxylic acids is 2. The second kappa shape index (κ2) is 6.37. The van der Waals surface area contributed by atoms with Gasteiger partial charge in [-0.05, 0) is 30.5 Å². The Morgan fingerprint density at radius 3 is 2.87 bits per heavy atom. The van der Waals surface area contributed by atoms with Crippen LogP contribution in [0.3, 0.4) is 0 Å². The Hall–Kier alpha value is -1.79. The summed E-state index contributed by atoms with van der Waals surface area (Å²) in [6.45, 7) is 1.99. The van der Waals surface area contributed by atoms with Crippen LogP contribution in [0, 0.1) is 11.7 Å². The molecule has 1 aromatic heterocycles. The maximum Gasteiger partial charge on any atom is 0.263 e. The highest BCUT2D eigenvalue weighted by molar-refractivity contribution is 7.16. The molecule has 0 aliphatic heterocycles. The van der Waals surface area contributed by atoms with Crippen molar-refractivity contribution < 1.29 is 14.0 Å². The van der Waals surface area contributed by atoms with E-state index in [0.29, 0.717) is 34.2 Å². The number of thiazole rings is 1. The fourth-order valence-electron chi connectivity index (χ4n) is 2.66. The molecule has 0 unspecified atom stereocenters. The van der Waals surface area contributed by atoms with Crippen molar-refractivity contribution in [1.82, 2.24) is 10.3 Å². The molecule has 1 N–H and O–H groups in total. The van der Waals surface area contributed by atoms with Crippen LogP contribution in [0.25, 0.3) is 10.6 Å². The van der Waals surface area contributed by atoms with Gasteiger partial charge >= 0.3 is 0 Å². The average molecular weight is 353 g/mol. The summed E-state index contributed by atoms with van der Waals surface area (Å²) >= 11 is 6.97. The molecule has 2 atom stereocenters. The van der Waals surface area contributed by atoms with Crippen LogP contribution in [0.2, 0.25) is 5.02 Å². The molecule has 7 heteroatoms. The molecule has 0 radical (unpaired) electrons. The number of rotatable bonds is 3. The minimum Gasteiger partial charge on any atom is -0.341 e. The van der Waals surface area contributed by atoms with Crippen LogP contribution < -0.4 is 5.32 Å². The Morgan fingerprint density at radius 2 is 2.22 bits per heavy atom. The third kappa shape index (κ3) is 3.59. The van der Waals surface area contributed by atoms with Gasteiger partial charge in [-0.3, -0.25) is 9.59 Å². The number of nitrogens with zero attached hydrogens (tertiary/aromatic N) is 1. The summed E-state index contributed by atoms with van der Waals surface area (Å²) in [6, 6.07) is 3.69. The van der Waals surface area contributed by atoms with Gasteiger partial charge in [0, 0.05) is 17.0 Å². The molecule has 0 saturated heterocycles. The van der Waals surface area contributed by atoms with Gasteiger partial charge in [0.05, 0.1) is 12.2 Å². The van der Waals surface area contributed by atoms with Gasteiger partial charge < -0.3 is 5.32 Å². The van der Waals surface area contributed by atoms with E-state index in [9.17, 15) is 14.0 Å². The standard InChI is InChI=1S/C16H14ClFN2O2S/c1-8-2-12(13(21)3-8)20-15(22)14-7-19-16(23-14)9-4-10(17)6-11(18)5-9/h4-8,12H,2-3H2,1H3,(H,20,22)/t8-,12-/m0/s1. The van der Waals surface area contributed by atoms with Gasteiger partial charge in [0.25, 0.3) is 5.91 Å². The highest BCUT2D eigenvalue weighted by Crippen LogP contribution is 2.29. The van der Waals surface area contributed by atoms with E-state index >= 15 is 0 Å². The van der Waals surface area contributed by atoms with E-state index in [4.69, 9.17) is 11.6 Å². The van der Waals surface area contributed by atoms with Gasteiger partial charge in [-0.2, -0.15) is 0 Å². The van der Waals surface area contributed by atoms with Gasteiger partial charge in [-0.25, -0.2) is 9.37 Å². The predicted octanol–water partition coefficient (Wildman–Crippen LogP) is 3.70. The van der Waals surface area contributed by atoms with Crippen molar-refractivity contribution in [3.63, 3.8) is 0 Å². The van der Waals surface area contributed by atoms with Gasteiger partial charge in [-0.1, -0.05) is 18.5 Å². The molecule has 0 spiro atoms. The zero-order valence-electron chi connectivity index (χ0n) is 12.3. The number of benzene rings is 1. The molecule has 1 fully saturated rings. The third-order valence-corrected chi connectivity index (χ3v) is 4.98. The molecule has 1 aliphatic carbocycles. The third-order valence-electron chi connectivity index (χ3n) is 3.72. The monoisotopic (exact) mass is 352 g/mol. The van der Waals surface area contributed by atoms with E-state index in [0.717, 1.165) is 11.3 Å². The van der Waals surface area contributed by atoms with Crippen molar-refractivity contribution in [1.29, 1.82) is 0 Å². The van der Waals surface area contributed by atoms with Crippen molar-refractivity contribution in [2.24, 2.45) is 5.92 Å². The first-order valence-electron chi connectivity index (χ1n) is 7.18. The van der Waals surface area contributed by atoms with E-state index < -0.39 is 11.9 Å². The molecule has 1 saturated carbocycles.